The molecule has 6 heteroatoms. The maximum Gasteiger partial charge on any atom is 0.262 e. The van der Waals surface area contributed by atoms with Crippen LogP contribution in [0.2, 0.25) is 5.02 Å². The van der Waals surface area contributed by atoms with E-state index in [1.54, 1.807) is 18.2 Å². The van der Waals surface area contributed by atoms with E-state index in [1.807, 2.05) is 51.1 Å². The lowest BCUT2D eigenvalue weighted by Crippen LogP contribution is -2.30. The molecular weight excluding hydrogens is 376 g/mol. The third kappa shape index (κ3) is 6.33. The molecule has 0 bridgehead atoms. The Balaban J connectivity index is 2.21. The molecule has 0 saturated carbocycles. The molecule has 2 aromatic rings. The Hall–Kier alpha value is -2.97. The first-order chi connectivity index (χ1) is 13.4. The quantitative estimate of drug-likeness (QED) is 0.514. The molecule has 1 N–H and O–H groups in total. The van der Waals surface area contributed by atoms with E-state index in [1.165, 1.54) is 6.08 Å². The predicted molar refractivity (Wildman–Crippen MR) is 110 cm³/mol. The standard InChI is InChI=1S/C22H23ClN2O3/c1-4-27-21-12-17(11-18(13-24)22(26)25-15(2)3)7-10-20(21)28-14-16-5-8-19(23)9-6-16/h5-12,15H,4,14H2,1-3H3,(H,25,26)/b18-11-. The molecule has 2 aromatic carbocycles. The van der Waals surface area contributed by atoms with Crippen LogP contribution in [0.5, 0.6) is 11.5 Å². The normalized spacial score (nSPS) is 11.1. The molecule has 0 spiro atoms. The fourth-order valence-electron chi connectivity index (χ4n) is 2.40. The number of halogens is 1. The molecule has 0 fully saturated rings. The molecule has 28 heavy (non-hydrogen) atoms. The summed E-state index contributed by atoms with van der Waals surface area (Å²) in [6.07, 6.45) is 1.53. The molecule has 146 valence electrons. The van der Waals surface area contributed by atoms with Crippen LogP contribution >= 0.6 is 11.6 Å². The zero-order valence-electron chi connectivity index (χ0n) is 16.2. The van der Waals surface area contributed by atoms with Crippen molar-refractivity contribution in [1.82, 2.24) is 5.32 Å². The van der Waals surface area contributed by atoms with Crippen LogP contribution in [0, 0.1) is 11.3 Å². The molecule has 1 amide bonds. The molecule has 5 nitrogen and oxygen atoms in total. The van der Waals surface area contributed by atoms with Crippen LogP contribution in [0.15, 0.2) is 48.0 Å². The summed E-state index contributed by atoms with van der Waals surface area (Å²) in [5.74, 6) is 0.726. The number of rotatable bonds is 8. The molecule has 2 rings (SSSR count). The first kappa shape index (κ1) is 21.3. The minimum absolute atomic E-state index is 0.0333. The lowest BCUT2D eigenvalue weighted by Gasteiger charge is -2.13. The van der Waals surface area contributed by atoms with Gasteiger partial charge in [0.2, 0.25) is 0 Å². The van der Waals surface area contributed by atoms with Gasteiger partial charge in [0.15, 0.2) is 11.5 Å². The molecule has 0 aliphatic heterocycles. The highest BCUT2D eigenvalue weighted by Gasteiger charge is 2.12. The minimum Gasteiger partial charge on any atom is -0.490 e. The number of carbonyl (C=O) groups is 1. The number of carbonyl (C=O) groups excluding carboxylic acids is 1. The minimum atomic E-state index is -0.404. The Morgan fingerprint density at radius 1 is 1.18 bits per heavy atom. The zero-order chi connectivity index (χ0) is 20.5. The van der Waals surface area contributed by atoms with Gasteiger partial charge in [-0.3, -0.25) is 4.79 Å². The van der Waals surface area contributed by atoms with Crippen LogP contribution in [-0.4, -0.2) is 18.6 Å². The van der Waals surface area contributed by atoms with Gasteiger partial charge in [-0.25, -0.2) is 0 Å². The Labute approximate surface area is 170 Å². The number of hydrogen-bond donors (Lipinski definition) is 1. The van der Waals surface area contributed by atoms with Crippen LogP contribution < -0.4 is 14.8 Å². The van der Waals surface area contributed by atoms with Crippen molar-refractivity contribution in [2.45, 2.75) is 33.4 Å². The number of nitrogens with one attached hydrogen (secondary N) is 1. The maximum atomic E-state index is 12.1. The van der Waals surface area contributed by atoms with Gasteiger partial charge in [0.25, 0.3) is 5.91 Å². The third-order valence-corrected chi connectivity index (χ3v) is 3.92. The van der Waals surface area contributed by atoms with Crippen LogP contribution in [0.1, 0.15) is 31.9 Å². The summed E-state index contributed by atoms with van der Waals surface area (Å²) in [5, 5.41) is 12.7. The first-order valence-corrected chi connectivity index (χ1v) is 9.37. The molecule has 0 radical (unpaired) electrons. The van der Waals surface area contributed by atoms with Crippen molar-refractivity contribution in [1.29, 1.82) is 5.26 Å². The Morgan fingerprint density at radius 3 is 2.50 bits per heavy atom. The SMILES string of the molecule is CCOc1cc(/C=C(/C#N)C(=O)NC(C)C)ccc1OCc1ccc(Cl)cc1. The molecule has 0 unspecified atom stereocenters. The van der Waals surface area contributed by atoms with Crippen LogP contribution in [0.25, 0.3) is 6.08 Å². The highest BCUT2D eigenvalue weighted by molar-refractivity contribution is 6.30. The maximum absolute atomic E-state index is 12.1. The molecule has 0 heterocycles. The Morgan fingerprint density at radius 2 is 1.89 bits per heavy atom. The van der Waals surface area contributed by atoms with Gasteiger partial charge in [-0.2, -0.15) is 5.26 Å². The van der Waals surface area contributed by atoms with Crippen molar-refractivity contribution >= 4 is 23.6 Å². The van der Waals surface area contributed by atoms with Crippen LogP contribution in [0.4, 0.5) is 0 Å². The smallest absolute Gasteiger partial charge is 0.262 e. The van der Waals surface area contributed by atoms with E-state index in [9.17, 15) is 10.1 Å². The summed E-state index contributed by atoms with van der Waals surface area (Å²) in [6, 6.07) is 14.6. The zero-order valence-corrected chi connectivity index (χ0v) is 16.9. The van der Waals surface area contributed by atoms with Gasteiger partial charge in [0, 0.05) is 11.1 Å². The lowest BCUT2D eigenvalue weighted by atomic mass is 10.1. The van der Waals surface area contributed by atoms with E-state index in [4.69, 9.17) is 21.1 Å². The Kier molecular flexibility index (Phi) is 7.91. The number of benzene rings is 2. The lowest BCUT2D eigenvalue weighted by molar-refractivity contribution is -0.117. The van der Waals surface area contributed by atoms with Gasteiger partial charge in [0.1, 0.15) is 18.2 Å². The molecule has 0 aliphatic carbocycles. The summed E-state index contributed by atoms with van der Waals surface area (Å²) in [7, 11) is 0. The molecule has 0 aromatic heterocycles. The average molecular weight is 399 g/mol. The number of nitriles is 1. The van der Waals surface area contributed by atoms with E-state index in [0.29, 0.717) is 35.3 Å². The second kappa shape index (κ2) is 10.4. The highest BCUT2D eigenvalue weighted by Crippen LogP contribution is 2.30. The van der Waals surface area contributed by atoms with E-state index < -0.39 is 5.91 Å². The van der Waals surface area contributed by atoms with E-state index in [0.717, 1.165) is 5.56 Å². The van der Waals surface area contributed by atoms with Gasteiger partial charge >= 0.3 is 0 Å². The van der Waals surface area contributed by atoms with Gasteiger partial charge in [-0.05, 0) is 62.2 Å². The largest absolute Gasteiger partial charge is 0.490 e. The third-order valence-electron chi connectivity index (χ3n) is 3.67. The fraction of sp³-hybridized carbons (Fsp3) is 0.273. The highest BCUT2D eigenvalue weighted by atomic mass is 35.5. The number of ether oxygens (including phenoxy) is 2. The van der Waals surface area contributed by atoms with Crippen LogP contribution in [-0.2, 0) is 11.4 Å². The second-order valence-electron chi connectivity index (χ2n) is 6.35. The second-order valence-corrected chi connectivity index (χ2v) is 6.79. The van der Waals surface area contributed by atoms with Gasteiger partial charge in [0.05, 0.1) is 6.61 Å². The Bertz CT molecular complexity index is 884. The summed E-state index contributed by atoms with van der Waals surface area (Å²) in [4.78, 5) is 12.1. The monoisotopic (exact) mass is 398 g/mol. The number of hydrogen-bond acceptors (Lipinski definition) is 4. The molecule has 0 saturated heterocycles. The summed E-state index contributed by atoms with van der Waals surface area (Å²) >= 11 is 5.90. The van der Waals surface area contributed by atoms with E-state index in [2.05, 4.69) is 5.32 Å². The molecular formula is C22H23ClN2O3. The number of amides is 1. The van der Waals surface area contributed by atoms with Gasteiger partial charge in [-0.15, -0.1) is 0 Å². The van der Waals surface area contributed by atoms with E-state index in [-0.39, 0.29) is 11.6 Å². The summed E-state index contributed by atoms with van der Waals surface area (Å²) in [6.45, 7) is 6.39. The predicted octanol–water partition coefficient (Wildman–Crippen LogP) is 4.75. The average Bonchev–Trinajstić information content (AvgIpc) is 2.66. The van der Waals surface area contributed by atoms with Gasteiger partial charge < -0.3 is 14.8 Å². The molecule has 0 aliphatic rings. The van der Waals surface area contributed by atoms with Crippen molar-refractivity contribution < 1.29 is 14.3 Å². The topological polar surface area (TPSA) is 71.3 Å². The first-order valence-electron chi connectivity index (χ1n) is 8.99. The van der Waals surface area contributed by atoms with Crippen molar-refractivity contribution in [3.63, 3.8) is 0 Å². The van der Waals surface area contributed by atoms with Crippen molar-refractivity contribution in [3.05, 3.63) is 64.2 Å². The molecule has 0 atom stereocenters. The van der Waals surface area contributed by atoms with Crippen molar-refractivity contribution in [3.8, 4) is 17.6 Å². The number of nitrogens with zero attached hydrogens (tertiary/aromatic N) is 1. The van der Waals surface area contributed by atoms with Gasteiger partial charge in [-0.1, -0.05) is 29.8 Å². The van der Waals surface area contributed by atoms with Crippen LogP contribution in [0.3, 0.4) is 0 Å². The van der Waals surface area contributed by atoms with Crippen molar-refractivity contribution in [2.24, 2.45) is 0 Å². The fourth-order valence-corrected chi connectivity index (χ4v) is 2.52. The van der Waals surface area contributed by atoms with Crippen molar-refractivity contribution in [2.75, 3.05) is 6.61 Å². The summed E-state index contributed by atoms with van der Waals surface area (Å²) in [5.41, 5.74) is 1.69. The van der Waals surface area contributed by atoms with E-state index >= 15 is 0 Å². The summed E-state index contributed by atoms with van der Waals surface area (Å²) < 4.78 is 11.5.